The van der Waals surface area contributed by atoms with Crippen molar-refractivity contribution in [2.45, 2.75) is 6.42 Å². The predicted molar refractivity (Wildman–Crippen MR) is 79.6 cm³/mol. The van der Waals surface area contributed by atoms with Crippen LogP contribution in [0.15, 0.2) is 54.6 Å². The van der Waals surface area contributed by atoms with Crippen LogP contribution in [-0.4, -0.2) is 5.97 Å². The van der Waals surface area contributed by atoms with Gasteiger partial charge < -0.3 is 10.6 Å². The lowest BCUT2D eigenvalue weighted by molar-refractivity contribution is 0.0504. The molecule has 4 heteroatoms. The topological polar surface area (TPSA) is 78.3 Å². The van der Waals surface area contributed by atoms with Crippen LogP contribution in [0.5, 0.6) is 0 Å². The van der Waals surface area contributed by atoms with Gasteiger partial charge in [0.2, 0.25) is 0 Å². The van der Waals surface area contributed by atoms with Crippen LogP contribution in [0.4, 0.5) is 5.69 Å². The average molecular weight is 268 g/mol. The van der Waals surface area contributed by atoms with E-state index < -0.39 is 5.97 Å². The molecule has 0 aliphatic rings. The summed E-state index contributed by atoms with van der Waals surface area (Å²) in [4.78, 5) is 15.6. The molecule has 0 spiro atoms. The maximum atomic E-state index is 11.4. The van der Waals surface area contributed by atoms with Crippen molar-refractivity contribution in [3.63, 3.8) is 0 Å². The van der Waals surface area contributed by atoms with Crippen LogP contribution in [0.2, 0.25) is 0 Å². The number of para-hydroxylation sites is 1. The first-order valence-corrected chi connectivity index (χ1v) is 6.22. The van der Waals surface area contributed by atoms with Crippen molar-refractivity contribution in [2.75, 3.05) is 5.73 Å². The van der Waals surface area contributed by atoms with Crippen LogP contribution >= 0.6 is 0 Å². The van der Waals surface area contributed by atoms with Gasteiger partial charge in [-0.15, -0.1) is 0 Å². The third kappa shape index (κ3) is 3.24. The third-order valence-electron chi connectivity index (χ3n) is 2.97. The highest BCUT2D eigenvalue weighted by atomic mass is 16.7. The van der Waals surface area contributed by atoms with Crippen LogP contribution in [0, 0.1) is 0 Å². The molecule has 4 N–H and O–H groups in total. The molecule has 0 radical (unpaired) electrons. The Bertz CT molecular complexity index is 622. The molecule has 20 heavy (non-hydrogen) atoms. The highest BCUT2D eigenvalue weighted by Gasteiger charge is 2.12. The van der Waals surface area contributed by atoms with E-state index in [2.05, 4.69) is 4.84 Å². The molecular formula is C16H16N2O2. The summed E-state index contributed by atoms with van der Waals surface area (Å²) in [6.45, 7) is 0. The summed E-state index contributed by atoms with van der Waals surface area (Å²) < 4.78 is 0. The number of allylic oxidation sites excluding steroid dienone is 1. The van der Waals surface area contributed by atoms with Crippen LogP contribution < -0.4 is 11.6 Å². The summed E-state index contributed by atoms with van der Waals surface area (Å²) in [5, 5.41) is 0. The summed E-state index contributed by atoms with van der Waals surface area (Å²) in [5.41, 5.74) is 8.62. The molecular weight excluding hydrogens is 252 g/mol. The van der Waals surface area contributed by atoms with Crippen molar-refractivity contribution in [3.8, 4) is 0 Å². The van der Waals surface area contributed by atoms with Gasteiger partial charge in [0.05, 0.1) is 5.56 Å². The summed E-state index contributed by atoms with van der Waals surface area (Å²) in [6.07, 6.45) is 4.64. The van der Waals surface area contributed by atoms with Crippen molar-refractivity contribution in [2.24, 2.45) is 5.90 Å². The van der Waals surface area contributed by atoms with E-state index in [1.807, 2.05) is 48.6 Å². The smallest absolute Gasteiger partial charge is 0.358 e. The second kappa shape index (κ2) is 6.54. The van der Waals surface area contributed by atoms with Gasteiger partial charge in [-0.25, -0.2) is 4.79 Å². The molecule has 2 aromatic carbocycles. The fourth-order valence-electron chi connectivity index (χ4n) is 1.92. The second-order valence-corrected chi connectivity index (χ2v) is 4.30. The highest BCUT2D eigenvalue weighted by Crippen LogP contribution is 2.19. The Morgan fingerprint density at radius 2 is 1.85 bits per heavy atom. The van der Waals surface area contributed by atoms with Gasteiger partial charge in [0.15, 0.2) is 0 Å². The van der Waals surface area contributed by atoms with Crippen molar-refractivity contribution in [1.29, 1.82) is 0 Å². The second-order valence-electron chi connectivity index (χ2n) is 4.30. The van der Waals surface area contributed by atoms with Crippen LogP contribution in [0.25, 0.3) is 6.08 Å². The molecule has 102 valence electrons. The molecule has 0 aliphatic carbocycles. The lowest BCUT2D eigenvalue weighted by atomic mass is 10.0. The molecule has 0 heterocycles. The lowest BCUT2D eigenvalue weighted by Crippen LogP contribution is -2.13. The molecule has 0 unspecified atom stereocenters. The Hall–Kier alpha value is -2.59. The maximum absolute atomic E-state index is 11.4. The third-order valence-corrected chi connectivity index (χ3v) is 2.97. The largest absolute Gasteiger partial charge is 0.398 e. The SMILES string of the molecule is NOC(=O)c1cccc(CC=Cc2ccccc2)c1N. The Kier molecular flexibility index (Phi) is 4.52. The van der Waals surface area contributed by atoms with Gasteiger partial charge in [0.25, 0.3) is 0 Å². The molecule has 0 aromatic heterocycles. The number of hydrogen-bond donors (Lipinski definition) is 2. The van der Waals surface area contributed by atoms with E-state index in [-0.39, 0.29) is 5.56 Å². The summed E-state index contributed by atoms with van der Waals surface area (Å²) in [7, 11) is 0. The summed E-state index contributed by atoms with van der Waals surface area (Å²) >= 11 is 0. The first-order valence-electron chi connectivity index (χ1n) is 6.22. The van der Waals surface area contributed by atoms with E-state index in [0.717, 1.165) is 11.1 Å². The normalized spacial score (nSPS) is 10.7. The zero-order chi connectivity index (χ0) is 14.4. The fourth-order valence-corrected chi connectivity index (χ4v) is 1.92. The van der Waals surface area contributed by atoms with E-state index in [1.54, 1.807) is 12.1 Å². The molecule has 0 fully saturated rings. The minimum Gasteiger partial charge on any atom is -0.398 e. The molecule has 0 atom stereocenters. The fraction of sp³-hybridized carbons (Fsp3) is 0.0625. The maximum Gasteiger partial charge on any atom is 0.358 e. The molecule has 0 aliphatic heterocycles. The number of carbonyl (C=O) groups is 1. The minimum atomic E-state index is -0.628. The molecule has 0 saturated carbocycles. The minimum absolute atomic E-state index is 0.290. The predicted octanol–water partition coefficient (Wildman–Crippen LogP) is 2.56. The number of rotatable bonds is 4. The number of anilines is 1. The Morgan fingerprint density at radius 3 is 2.55 bits per heavy atom. The van der Waals surface area contributed by atoms with Crippen LogP contribution in [0.3, 0.4) is 0 Å². The monoisotopic (exact) mass is 268 g/mol. The molecule has 0 amide bonds. The van der Waals surface area contributed by atoms with Gasteiger partial charge >= 0.3 is 5.97 Å². The van der Waals surface area contributed by atoms with Crippen molar-refractivity contribution in [3.05, 3.63) is 71.3 Å². The summed E-state index contributed by atoms with van der Waals surface area (Å²) in [5.74, 6) is 4.25. The van der Waals surface area contributed by atoms with Gasteiger partial charge in [0.1, 0.15) is 0 Å². The van der Waals surface area contributed by atoms with E-state index in [1.165, 1.54) is 0 Å². The molecule has 2 aromatic rings. The highest BCUT2D eigenvalue weighted by molar-refractivity contribution is 5.95. The molecule has 4 nitrogen and oxygen atoms in total. The van der Waals surface area contributed by atoms with Crippen molar-refractivity contribution >= 4 is 17.7 Å². The number of hydrogen-bond acceptors (Lipinski definition) is 4. The molecule has 2 rings (SSSR count). The van der Waals surface area contributed by atoms with Gasteiger partial charge in [-0.2, -0.15) is 5.90 Å². The Morgan fingerprint density at radius 1 is 1.10 bits per heavy atom. The van der Waals surface area contributed by atoms with E-state index >= 15 is 0 Å². The van der Waals surface area contributed by atoms with Gasteiger partial charge in [-0.05, 0) is 23.6 Å². The number of nitrogen functional groups attached to an aromatic ring is 1. The molecule has 0 bridgehead atoms. The van der Waals surface area contributed by atoms with Gasteiger partial charge in [-0.3, -0.25) is 0 Å². The van der Waals surface area contributed by atoms with Crippen molar-refractivity contribution < 1.29 is 9.63 Å². The first-order chi connectivity index (χ1) is 9.72. The van der Waals surface area contributed by atoms with E-state index in [0.29, 0.717) is 12.1 Å². The lowest BCUT2D eigenvalue weighted by Gasteiger charge is -2.07. The van der Waals surface area contributed by atoms with E-state index in [9.17, 15) is 4.79 Å². The Balaban J connectivity index is 2.14. The molecule has 0 saturated heterocycles. The first kappa shape index (κ1) is 13.8. The van der Waals surface area contributed by atoms with Gasteiger partial charge in [-0.1, -0.05) is 54.6 Å². The zero-order valence-electron chi connectivity index (χ0n) is 11.0. The van der Waals surface area contributed by atoms with Crippen molar-refractivity contribution in [1.82, 2.24) is 0 Å². The zero-order valence-corrected chi connectivity index (χ0v) is 11.0. The average Bonchev–Trinajstić information content (AvgIpc) is 2.49. The van der Waals surface area contributed by atoms with Crippen LogP contribution in [-0.2, 0) is 11.3 Å². The number of carbonyl (C=O) groups excluding carboxylic acids is 1. The van der Waals surface area contributed by atoms with Crippen LogP contribution in [0.1, 0.15) is 21.5 Å². The number of benzene rings is 2. The Labute approximate surface area is 117 Å². The number of nitrogens with two attached hydrogens (primary N) is 2. The quantitative estimate of drug-likeness (QED) is 0.660. The van der Waals surface area contributed by atoms with Gasteiger partial charge in [0, 0.05) is 5.69 Å². The standard InChI is InChI=1S/C16H16N2O2/c17-15-13(10-5-11-14(15)16(19)20-18)9-4-8-12-6-2-1-3-7-12/h1-8,10-11H,9,17-18H2. The van der Waals surface area contributed by atoms with E-state index in [4.69, 9.17) is 11.6 Å². The summed E-state index contributed by atoms with van der Waals surface area (Å²) in [6, 6.07) is 15.2.